The minimum Gasteiger partial charge on any atom is -0.493 e. The van der Waals surface area contributed by atoms with Gasteiger partial charge in [0, 0.05) is 5.56 Å². The van der Waals surface area contributed by atoms with Crippen LogP contribution in [0.4, 0.5) is 5.69 Å². The van der Waals surface area contributed by atoms with Crippen molar-refractivity contribution in [2.75, 3.05) is 26.6 Å². The SMILES string of the molecule is COc1ccc(CC(=O)Nc2cnn(Cn3nnc4ccccc43)c2)c(OC)c1OC. The number of nitrogens with one attached hydrogen (secondary N) is 1. The highest BCUT2D eigenvalue weighted by Gasteiger charge is 2.18. The topological polar surface area (TPSA) is 105 Å². The molecule has 0 spiro atoms. The molecule has 4 aromatic rings. The summed E-state index contributed by atoms with van der Waals surface area (Å²) in [7, 11) is 4.59. The molecule has 0 saturated heterocycles. The van der Waals surface area contributed by atoms with Crippen LogP contribution in [-0.4, -0.2) is 52.0 Å². The van der Waals surface area contributed by atoms with E-state index in [4.69, 9.17) is 14.2 Å². The number of nitrogens with zero attached hydrogens (tertiary/aromatic N) is 5. The van der Waals surface area contributed by atoms with E-state index in [2.05, 4.69) is 20.7 Å². The Morgan fingerprint density at radius 1 is 1.03 bits per heavy atom. The number of carbonyl (C=O) groups is 1. The minimum atomic E-state index is -0.212. The molecule has 1 N–H and O–H groups in total. The summed E-state index contributed by atoms with van der Waals surface area (Å²) in [4.78, 5) is 12.6. The maximum Gasteiger partial charge on any atom is 0.229 e. The number of aromatic nitrogens is 5. The van der Waals surface area contributed by atoms with E-state index in [9.17, 15) is 4.79 Å². The zero-order valence-electron chi connectivity index (χ0n) is 17.4. The molecule has 2 aromatic heterocycles. The first-order valence-corrected chi connectivity index (χ1v) is 9.51. The van der Waals surface area contributed by atoms with Crippen LogP contribution >= 0.6 is 0 Å². The summed E-state index contributed by atoms with van der Waals surface area (Å²) in [5.74, 6) is 1.23. The largest absolute Gasteiger partial charge is 0.493 e. The second-order valence-corrected chi connectivity index (χ2v) is 6.71. The van der Waals surface area contributed by atoms with Crippen molar-refractivity contribution in [3.8, 4) is 17.2 Å². The Kier molecular flexibility index (Phi) is 5.69. The summed E-state index contributed by atoms with van der Waals surface area (Å²) in [6.07, 6.45) is 3.42. The summed E-state index contributed by atoms with van der Waals surface area (Å²) in [6.45, 7) is 0.375. The molecule has 0 fully saturated rings. The van der Waals surface area contributed by atoms with Gasteiger partial charge in [0.25, 0.3) is 0 Å². The fourth-order valence-electron chi connectivity index (χ4n) is 3.35. The van der Waals surface area contributed by atoms with Gasteiger partial charge in [0.1, 0.15) is 12.2 Å². The molecule has 2 aromatic carbocycles. The Labute approximate surface area is 178 Å². The fourth-order valence-corrected chi connectivity index (χ4v) is 3.35. The van der Waals surface area contributed by atoms with E-state index in [0.29, 0.717) is 35.2 Å². The Hall–Kier alpha value is -4.08. The highest BCUT2D eigenvalue weighted by atomic mass is 16.5. The third-order valence-corrected chi connectivity index (χ3v) is 4.75. The number of hydrogen-bond acceptors (Lipinski definition) is 7. The molecule has 0 aliphatic carbocycles. The monoisotopic (exact) mass is 422 g/mol. The Balaban J connectivity index is 1.45. The Morgan fingerprint density at radius 2 is 1.84 bits per heavy atom. The van der Waals surface area contributed by atoms with E-state index in [1.54, 1.807) is 41.0 Å². The van der Waals surface area contributed by atoms with E-state index in [-0.39, 0.29) is 12.3 Å². The van der Waals surface area contributed by atoms with Gasteiger partial charge in [-0.3, -0.25) is 4.79 Å². The van der Waals surface area contributed by atoms with Gasteiger partial charge in [-0.25, -0.2) is 9.36 Å². The summed E-state index contributed by atoms with van der Waals surface area (Å²) < 4.78 is 19.5. The van der Waals surface area contributed by atoms with Gasteiger partial charge in [0.05, 0.1) is 51.3 Å². The third-order valence-electron chi connectivity index (χ3n) is 4.75. The molecule has 1 amide bonds. The molecule has 10 nitrogen and oxygen atoms in total. The van der Waals surface area contributed by atoms with Crippen LogP contribution < -0.4 is 19.5 Å². The van der Waals surface area contributed by atoms with Crippen LogP contribution in [0.15, 0.2) is 48.8 Å². The van der Waals surface area contributed by atoms with E-state index in [1.165, 1.54) is 14.2 Å². The van der Waals surface area contributed by atoms with Gasteiger partial charge in [0.2, 0.25) is 11.7 Å². The predicted molar refractivity (Wildman–Crippen MR) is 114 cm³/mol. The summed E-state index contributed by atoms with van der Waals surface area (Å²) in [5, 5.41) is 15.4. The lowest BCUT2D eigenvalue weighted by molar-refractivity contribution is -0.115. The zero-order valence-corrected chi connectivity index (χ0v) is 17.4. The minimum absolute atomic E-state index is 0.0996. The fraction of sp³-hybridized carbons (Fsp3) is 0.238. The lowest BCUT2D eigenvalue weighted by Gasteiger charge is -2.15. The number of para-hydroxylation sites is 1. The van der Waals surface area contributed by atoms with Crippen LogP contribution in [-0.2, 0) is 17.9 Å². The highest BCUT2D eigenvalue weighted by molar-refractivity contribution is 5.92. The molecule has 0 bridgehead atoms. The van der Waals surface area contributed by atoms with Gasteiger partial charge in [0.15, 0.2) is 11.5 Å². The second kappa shape index (κ2) is 8.74. The second-order valence-electron chi connectivity index (χ2n) is 6.71. The van der Waals surface area contributed by atoms with Crippen molar-refractivity contribution in [2.45, 2.75) is 13.1 Å². The maximum absolute atomic E-state index is 12.6. The van der Waals surface area contributed by atoms with E-state index in [0.717, 1.165) is 11.0 Å². The van der Waals surface area contributed by atoms with E-state index >= 15 is 0 Å². The lowest BCUT2D eigenvalue weighted by atomic mass is 10.1. The number of rotatable bonds is 8. The van der Waals surface area contributed by atoms with Crippen molar-refractivity contribution in [3.05, 3.63) is 54.4 Å². The number of anilines is 1. The molecule has 10 heteroatoms. The summed E-state index contributed by atoms with van der Waals surface area (Å²) in [5.41, 5.74) is 2.98. The molecule has 0 saturated carbocycles. The van der Waals surface area contributed by atoms with Crippen LogP contribution in [0.3, 0.4) is 0 Å². The summed E-state index contributed by atoms with van der Waals surface area (Å²) in [6, 6.07) is 11.2. The maximum atomic E-state index is 12.6. The Morgan fingerprint density at radius 3 is 2.61 bits per heavy atom. The quantitative estimate of drug-likeness (QED) is 0.465. The van der Waals surface area contributed by atoms with E-state index < -0.39 is 0 Å². The zero-order chi connectivity index (χ0) is 21.8. The number of hydrogen-bond donors (Lipinski definition) is 1. The molecule has 0 radical (unpaired) electrons. The molecule has 0 aliphatic heterocycles. The molecule has 4 rings (SSSR count). The van der Waals surface area contributed by atoms with Crippen molar-refractivity contribution in [2.24, 2.45) is 0 Å². The molecule has 0 aliphatic rings. The number of benzene rings is 2. The van der Waals surface area contributed by atoms with Crippen molar-refractivity contribution >= 4 is 22.6 Å². The van der Waals surface area contributed by atoms with Gasteiger partial charge >= 0.3 is 0 Å². The van der Waals surface area contributed by atoms with E-state index in [1.807, 2.05) is 24.3 Å². The van der Waals surface area contributed by atoms with Crippen LogP contribution in [0, 0.1) is 0 Å². The van der Waals surface area contributed by atoms with Crippen LogP contribution in [0.5, 0.6) is 17.2 Å². The van der Waals surface area contributed by atoms with Gasteiger partial charge in [-0.15, -0.1) is 5.10 Å². The van der Waals surface area contributed by atoms with Crippen LogP contribution in [0.25, 0.3) is 11.0 Å². The third kappa shape index (κ3) is 4.13. The number of carbonyl (C=O) groups excluding carboxylic acids is 1. The number of methoxy groups -OCH3 is 3. The average Bonchev–Trinajstić information content (AvgIpc) is 3.40. The number of amides is 1. The van der Waals surface area contributed by atoms with Crippen LogP contribution in [0.2, 0.25) is 0 Å². The first-order valence-electron chi connectivity index (χ1n) is 9.51. The molecular weight excluding hydrogens is 400 g/mol. The number of ether oxygens (including phenoxy) is 3. The predicted octanol–water partition coefficient (Wildman–Crippen LogP) is 2.34. The average molecular weight is 422 g/mol. The molecular formula is C21H22N6O4. The highest BCUT2D eigenvalue weighted by Crippen LogP contribution is 2.39. The Bertz CT molecular complexity index is 1220. The lowest BCUT2D eigenvalue weighted by Crippen LogP contribution is -2.15. The number of fused-ring (bicyclic) bond motifs is 1. The van der Waals surface area contributed by atoms with Gasteiger partial charge in [-0.1, -0.05) is 23.4 Å². The van der Waals surface area contributed by atoms with Gasteiger partial charge < -0.3 is 19.5 Å². The summed E-state index contributed by atoms with van der Waals surface area (Å²) >= 11 is 0. The van der Waals surface area contributed by atoms with Crippen molar-refractivity contribution in [1.29, 1.82) is 0 Å². The first kappa shape index (κ1) is 20.2. The molecule has 31 heavy (non-hydrogen) atoms. The first-order chi connectivity index (χ1) is 15.1. The molecule has 0 atom stereocenters. The van der Waals surface area contributed by atoms with Crippen molar-refractivity contribution in [1.82, 2.24) is 24.8 Å². The molecule has 2 heterocycles. The van der Waals surface area contributed by atoms with Gasteiger partial charge in [-0.2, -0.15) is 5.10 Å². The molecule has 160 valence electrons. The standard InChI is InChI=1S/C21H22N6O4/c1-29-18-9-8-14(20(30-2)21(18)31-3)10-19(28)23-15-11-22-26(12-15)13-27-17-7-5-4-6-16(17)24-25-27/h4-9,11-12H,10,13H2,1-3H3,(H,23,28). The van der Waals surface area contributed by atoms with Crippen LogP contribution in [0.1, 0.15) is 5.56 Å². The van der Waals surface area contributed by atoms with Crippen molar-refractivity contribution < 1.29 is 19.0 Å². The molecule has 0 unspecified atom stereocenters. The normalized spacial score (nSPS) is 10.8. The smallest absolute Gasteiger partial charge is 0.229 e. The van der Waals surface area contributed by atoms with Crippen molar-refractivity contribution in [3.63, 3.8) is 0 Å². The van der Waals surface area contributed by atoms with Gasteiger partial charge in [-0.05, 0) is 18.2 Å².